The molecule has 0 radical (unpaired) electrons. The second-order valence-electron chi connectivity index (χ2n) is 7.42. The number of pyridine rings is 1. The van der Waals surface area contributed by atoms with E-state index in [-0.39, 0.29) is 5.71 Å². The van der Waals surface area contributed by atoms with E-state index in [9.17, 15) is 4.79 Å². The van der Waals surface area contributed by atoms with Crippen LogP contribution in [-0.4, -0.2) is 34.6 Å². The maximum Gasteiger partial charge on any atom is 0.346 e. The van der Waals surface area contributed by atoms with Crippen molar-refractivity contribution in [3.8, 4) is 0 Å². The minimum absolute atomic E-state index is 0.243. The van der Waals surface area contributed by atoms with Crippen LogP contribution < -0.4 is 5.32 Å². The van der Waals surface area contributed by atoms with Gasteiger partial charge in [-0.1, -0.05) is 48.9 Å². The number of carbonyl (C=O) groups is 1. The van der Waals surface area contributed by atoms with E-state index in [1.165, 1.54) is 0 Å². The van der Waals surface area contributed by atoms with E-state index in [0.717, 1.165) is 59.7 Å². The Balaban J connectivity index is 1.23. The van der Waals surface area contributed by atoms with Gasteiger partial charge in [-0.15, -0.1) is 0 Å². The maximum atomic E-state index is 12.0. The third-order valence-electron chi connectivity index (χ3n) is 5.31. The summed E-state index contributed by atoms with van der Waals surface area (Å²) in [5, 5.41) is 5.88. The Kier molecular flexibility index (Phi) is 6.50. The third-order valence-corrected chi connectivity index (χ3v) is 5.31. The number of carbonyl (C=O) groups excluding carboxylic acids is 1. The number of benzene rings is 2. The van der Waals surface area contributed by atoms with Gasteiger partial charge in [0.05, 0.1) is 23.3 Å². The molecule has 6 heteroatoms. The summed E-state index contributed by atoms with van der Waals surface area (Å²) in [6, 6.07) is 16.4. The number of aromatic nitrogens is 1. The van der Waals surface area contributed by atoms with Crippen molar-refractivity contribution in [3.63, 3.8) is 0 Å². The van der Waals surface area contributed by atoms with Crippen LogP contribution in [0.3, 0.4) is 0 Å². The largest absolute Gasteiger partial charge is 0.462 e. The molecule has 0 saturated carbocycles. The highest BCUT2D eigenvalue weighted by Gasteiger charge is 2.24. The van der Waals surface area contributed by atoms with Crippen LogP contribution in [0.15, 0.2) is 72.3 Å². The Morgan fingerprint density at radius 3 is 2.35 bits per heavy atom. The fourth-order valence-electron chi connectivity index (χ4n) is 3.74. The maximum absolute atomic E-state index is 12.0. The molecule has 0 saturated heterocycles. The molecule has 3 aromatic rings. The first-order valence-corrected chi connectivity index (χ1v) is 10.6. The molecule has 2 aromatic carbocycles. The lowest BCUT2D eigenvalue weighted by atomic mass is 10.1. The van der Waals surface area contributed by atoms with Gasteiger partial charge in [0.1, 0.15) is 5.57 Å². The third kappa shape index (κ3) is 4.71. The molecule has 0 amide bonds. The number of nitrogens with one attached hydrogen (secondary N) is 1. The quantitative estimate of drug-likeness (QED) is 0.175. The normalized spacial score (nSPS) is 12.8. The van der Waals surface area contributed by atoms with Crippen LogP contribution in [0.5, 0.6) is 0 Å². The van der Waals surface area contributed by atoms with Crippen molar-refractivity contribution in [2.45, 2.75) is 25.7 Å². The number of nitrogens with zero attached hydrogens (tertiary/aromatic N) is 3. The topological polar surface area (TPSA) is 87.6 Å². The summed E-state index contributed by atoms with van der Waals surface area (Å²) in [4.78, 5) is 19.8. The summed E-state index contributed by atoms with van der Waals surface area (Å²) in [5.74, 6) is -0.448. The van der Waals surface area contributed by atoms with Gasteiger partial charge in [-0.25, -0.2) is 9.78 Å². The first-order chi connectivity index (χ1) is 15.3. The van der Waals surface area contributed by atoms with Gasteiger partial charge in [0.2, 0.25) is 0 Å². The first-order valence-electron chi connectivity index (χ1n) is 10.6. The van der Waals surface area contributed by atoms with Crippen molar-refractivity contribution in [2.24, 2.45) is 0 Å². The van der Waals surface area contributed by atoms with Crippen LogP contribution in [0, 0.1) is 0 Å². The van der Waals surface area contributed by atoms with Gasteiger partial charge in [-0.3, -0.25) is 0 Å². The van der Waals surface area contributed by atoms with Gasteiger partial charge in [0.15, 0.2) is 0 Å². The first kappa shape index (κ1) is 20.5. The number of ether oxygens (including phenoxy) is 1. The molecular formula is C25H24N4O2. The fourth-order valence-corrected chi connectivity index (χ4v) is 3.74. The molecule has 4 rings (SSSR count). The SMILES string of the molecule is [N-]=[N+]=C1C=CC=C1C(=O)OCCCCCCNc1c2ccccc2nc2ccccc12. The molecule has 0 aliphatic heterocycles. The summed E-state index contributed by atoms with van der Waals surface area (Å²) in [7, 11) is 0. The van der Waals surface area contributed by atoms with Gasteiger partial charge < -0.3 is 15.6 Å². The minimum atomic E-state index is -0.448. The molecule has 6 nitrogen and oxygen atoms in total. The number of unbranched alkanes of at least 4 members (excludes halogenated alkanes) is 3. The highest BCUT2D eigenvalue weighted by molar-refractivity contribution is 6.24. The molecule has 1 N–H and O–H groups in total. The lowest BCUT2D eigenvalue weighted by Crippen LogP contribution is -2.14. The molecule has 0 bridgehead atoms. The molecule has 1 aliphatic rings. The molecule has 0 fully saturated rings. The molecule has 0 spiro atoms. The van der Waals surface area contributed by atoms with Crippen molar-refractivity contribution < 1.29 is 14.3 Å². The molecule has 0 atom stereocenters. The smallest absolute Gasteiger partial charge is 0.346 e. The van der Waals surface area contributed by atoms with Crippen LogP contribution in [0.25, 0.3) is 27.3 Å². The number of fused-ring (bicyclic) bond motifs is 2. The summed E-state index contributed by atoms with van der Waals surface area (Å²) in [6.07, 6.45) is 8.67. The summed E-state index contributed by atoms with van der Waals surface area (Å²) < 4.78 is 5.27. The lowest BCUT2D eigenvalue weighted by molar-refractivity contribution is -0.138. The predicted molar refractivity (Wildman–Crippen MR) is 123 cm³/mol. The van der Waals surface area contributed by atoms with Crippen molar-refractivity contribution in [1.29, 1.82) is 0 Å². The summed E-state index contributed by atoms with van der Waals surface area (Å²) in [5.41, 5.74) is 12.5. The number of esters is 1. The highest BCUT2D eigenvalue weighted by atomic mass is 16.5. The van der Waals surface area contributed by atoms with E-state index in [4.69, 9.17) is 15.3 Å². The summed E-state index contributed by atoms with van der Waals surface area (Å²) >= 11 is 0. The Hall–Kier alpha value is -3.76. The zero-order valence-corrected chi connectivity index (χ0v) is 17.3. The predicted octanol–water partition coefficient (Wildman–Crippen LogP) is 5.07. The van der Waals surface area contributed by atoms with Crippen molar-refractivity contribution >= 4 is 39.2 Å². The van der Waals surface area contributed by atoms with Crippen LogP contribution >= 0.6 is 0 Å². The second kappa shape index (κ2) is 9.83. The standard InChI is InChI=1S/C25H24N4O2/c26-29-23-15-9-12-20(23)25(30)31-17-8-2-1-7-16-27-24-18-10-3-5-13-21(18)28-22-14-6-4-11-19(22)24/h3-6,9-15H,1-2,7-8,16-17H2,(H,27,28). The van der Waals surface area contributed by atoms with Gasteiger partial charge in [0, 0.05) is 23.4 Å². The number of rotatable bonds is 9. The number of hydrogen-bond acceptors (Lipinski definition) is 4. The average Bonchev–Trinajstić information content (AvgIpc) is 3.29. The van der Waals surface area contributed by atoms with Gasteiger partial charge >= 0.3 is 11.7 Å². The molecule has 0 unspecified atom stereocenters. The van der Waals surface area contributed by atoms with Crippen LogP contribution in [0.4, 0.5) is 5.69 Å². The van der Waals surface area contributed by atoms with E-state index >= 15 is 0 Å². The molecule has 31 heavy (non-hydrogen) atoms. The summed E-state index contributed by atoms with van der Waals surface area (Å²) in [6.45, 7) is 1.23. The van der Waals surface area contributed by atoms with Crippen LogP contribution in [-0.2, 0) is 9.53 Å². The van der Waals surface area contributed by atoms with Crippen molar-refractivity contribution in [1.82, 2.24) is 4.98 Å². The van der Waals surface area contributed by atoms with E-state index < -0.39 is 5.97 Å². The van der Waals surface area contributed by atoms with Crippen LogP contribution in [0.2, 0.25) is 0 Å². The molecule has 1 aromatic heterocycles. The fraction of sp³-hybridized carbons (Fsp3) is 0.240. The number of hydrogen-bond donors (Lipinski definition) is 1. The minimum Gasteiger partial charge on any atom is -0.462 e. The molecule has 1 aliphatic carbocycles. The van der Waals surface area contributed by atoms with E-state index in [1.54, 1.807) is 18.2 Å². The molecule has 156 valence electrons. The van der Waals surface area contributed by atoms with Crippen molar-refractivity contribution in [3.05, 3.63) is 77.9 Å². The number of anilines is 1. The van der Waals surface area contributed by atoms with Gasteiger partial charge in [-0.05, 0) is 37.5 Å². The average molecular weight is 412 g/mol. The zero-order valence-electron chi connectivity index (χ0n) is 17.3. The lowest BCUT2D eigenvalue weighted by Gasteiger charge is -2.13. The Morgan fingerprint density at radius 1 is 0.968 bits per heavy atom. The monoisotopic (exact) mass is 412 g/mol. The Morgan fingerprint density at radius 2 is 1.65 bits per heavy atom. The zero-order chi connectivity index (χ0) is 21.5. The van der Waals surface area contributed by atoms with E-state index in [2.05, 4.69) is 22.2 Å². The highest BCUT2D eigenvalue weighted by Crippen LogP contribution is 2.30. The number of para-hydroxylation sites is 2. The van der Waals surface area contributed by atoms with E-state index in [0.29, 0.717) is 12.2 Å². The second-order valence-corrected chi connectivity index (χ2v) is 7.42. The van der Waals surface area contributed by atoms with Crippen LogP contribution in [0.1, 0.15) is 25.7 Å². The van der Waals surface area contributed by atoms with Gasteiger partial charge in [-0.2, -0.15) is 4.79 Å². The molecular weight excluding hydrogens is 388 g/mol. The Labute approximate surface area is 180 Å². The Bertz CT molecular complexity index is 1170. The molecule has 1 heterocycles. The van der Waals surface area contributed by atoms with Crippen molar-refractivity contribution in [2.75, 3.05) is 18.5 Å². The van der Waals surface area contributed by atoms with E-state index in [1.807, 2.05) is 36.4 Å². The number of allylic oxidation sites excluding steroid dienone is 3. The van der Waals surface area contributed by atoms with Gasteiger partial charge in [0.25, 0.3) is 0 Å².